The average molecular weight is 677 g/mol. The molecule has 0 bridgehead atoms. The van der Waals surface area contributed by atoms with Crippen LogP contribution in [-0.2, 0) is 6.42 Å². The van der Waals surface area contributed by atoms with E-state index in [9.17, 15) is 0 Å². The van der Waals surface area contributed by atoms with Gasteiger partial charge in [0.15, 0.2) is 0 Å². The smallest absolute Gasteiger partial charge is 0.119 e. The minimum Gasteiger partial charge on any atom is -0.494 e. The zero-order chi connectivity index (χ0) is 28.6. The second kappa shape index (κ2) is 14.6. The van der Waals surface area contributed by atoms with Crippen molar-refractivity contribution in [1.29, 1.82) is 0 Å². The molecule has 0 unspecified atom stereocenters. The molecule has 0 aromatic heterocycles. The molecule has 0 N–H and O–H groups in total. The Balaban J connectivity index is 1.45. The van der Waals surface area contributed by atoms with Gasteiger partial charge < -0.3 is 9.47 Å². The van der Waals surface area contributed by atoms with Gasteiger partial charge in [-0.2, -0.15) is 0 Å². The summed E-state index contributed by atoms with van der Waals surface area (Å²) in [7, 11) is 0. The van der Waals surface area contributed by atoms with Crippen LogP contribution in [0.2, 0.25) is 0 Å². The fraction of sp³-hybridized carbons (Fsp3) is 0.351. The molecule has 0 aliphatic heterocycles. The normalized spacial score (nSPS) is 11.8. The Bertz CT molecular complexity index is 1440. The topological polar surface area (TPSA) is 18.5 Å². The summed E-state index contributed by atoms with van der Waals surface area (Å²) in [6.45, 7) is 6.02. The van der Waals surface area contributed by atoms with Crippen molar-refractivity contribution in [2.75, 3.05) is 13.2 Å². The molecule has 0 saturated heterocycles. The van der Waals surface area contributed by atoms with Crippen LogP contribution in [0.1, 0.15) is 76.3 Å². The Morgan fingerprint density at radius 1 is 0.585 bits per heavy atom. The Morgan fingerprint density at radius 2 is 1.17 bits per heavy atom. The molecule has 0 amide bonds. The van der Waals surface area contributed by atoms with E-state index in [-0.39, 0.29) is 0 Å². The van der Waals surface area contributed by atoms with Gasteiger partial charge in [0.05, 0.1) is 13.2 Å². The maximum absolute atomic E-state index is 6.05. The van der Waals surface area contributed by atoms with E-state index in [2.05, 4.69) is 119 Å². The van der Waals surface area contributed by atoms with Gasteiger partial charge >= 0.3 is 0 Å². The number of fused-ring (bicyclic) bond motifs is 3. The number of ether oxygens (including phenoxy) is 2. The third-order valence-corrected chi connectivity index (χ3v) is 9.25. The average Bonchev–Trinajstić information content (AvgIpc) is 3.34. The minimum atomic E-state index is 0.774. The standard InChI is InChI=1S/C37H40Br2O2/c1-3-5-7-9-21-40-30-16-11-26(12-17-30)33-25-34-32-20-15-29(38)23-28(32)24-35(34)36(37(33)39)27-13-18-31(19-14-27)41-22-10-8-6-4-2/h11-20,23,25H,3-10,21-22,24H2,1-2H3. The van der Waals surface area contributed by atoms with Crippen LogP contribution in [-0.4, -0.2) is 13.2 Å². The monoisotopic (exact) mass is 674 g/mol. The van der Waals surface area contributed by atoms with Crippen LogP contribution in [0.25, 0.3) is 33.4 Å². The number of benzene rings is 4. The highest BCUT2D eigenvalue weighted by Gasteiger charge is 2.26. The molecule has 0 saturated carbocycles. The van der Waals surface area contributed by atoms with E-state index in [1.807, 2.05) is 0 Å². The van der Waals surface area contributed by atoms with E-state index in [0.29, 0.717) is 0 Å². The van der Waals surface area contributed by atoms with Crippen molar-refractivity contribution in [3.05, 3.63) is 92.9 Å². The Hall–Kier alpha value is -2.56. The van der Waals surface area contributed by atoms with Crippen LogP contribution in [0.3, 0.4) is 0 Å². The molecule has 4 heteroatoms. The van der Waals surface area contributed by atoms with Crippen LogP contribution in [0.15, 0.2) is 81.7 Å². The summed E-state index contributed by atoms with van der Waals surface area (Å²) in [5.74, 6) is 1.87. The number of halogens is 2. The van der Waals surface area contributed by atoms with Gasteiger partial charge in [0.2, 0.25) is 0 Å². The number of hydrogen-bond acceptors (Lipinski definition) is 2. The molecule has 214 valence electrons. The van der Waals surface area contributed by atoms with E-state index >= 15 is 0 Å². The van der Waals surface area contributed by atoms with Crippen molar-refractivity contribution < 1.29 is 9.47 Å². The van der Waals surface area contributed by atoms with Crippen molar-refractivity contribution >= 4 is 31.9 Å². The fourth-order valence-electron chi connectivity index (χ4n) is 5.68. The lowest BCUT2D eigenvalue weighted by Crippen LogP contribution is -1.98. The molecule has 0 fully saturated rings. The van der Waals surface area contributed by atoms with E-state index in [1.165, 1.54) is 83.0 Å². The predicted molar refractivity (Wildman–Crippen MR) is 180 cm³/mol. The zero-order valence-corrected chi connectivity index (χ0v) is 27.5. The molecule has 0 atom stereocenters. The molecular weight excluding hydrogens is 636 g/mol. The van der Waals surface area contributed by atoms with E-state index < -0.39 is 0 Å². The van der Waals surface area contributed by atoms with Crippen LogP contribution >= 0.6 is 31.9 Å². The number of unbranched alkanes of at least 4 members (excludes halogenated alkanes) is 6. The zero-order valence-electron chi connectivity index (χ0n) is 24.3. The van der Waals surface area contributed by atoms with Crippen molar-refractivity contribution in [3.8, 4) is 44.9 Å². The summed E-state index contributed by atoms with van der Waals surface area (Å²) in [4.78, 5) is 0. The lowest BCUT2D eigenvalue weighted by molar-refractivity contribution is 0.305. The number of hydrogen-bond donors (Lipinski definition) is 0. The largest absolute Gasteiger partial charge is 0.494 e. The summed E-state index contributed by atoms with van der Waals surface area (Å²) >= 11 is 7.75. The van der Waals surface area contributed by atoms with Gasteiger partial charge in [-0.3, -0.25) is 0 Å². The molecule has 1 aliphatic rings. The van der Waals surface area contributed by atoms with Gasteiger partial charge in [-0.1, -0.05) is 98.6 Å². The Morgan fingerprint density at radius 3 is 1.76 bits per heavy atom. The quantitative estimate of drug-likeness (QED) is 0.109. The van der Waals surface area contributed by atoms with E-state index in [0.717, 1.165) is 52.9 Å². The summed E-state index contributed by atoms with van der Waals surface area (Å²) < 4.78 is 14.3. The maximum atomic E-state index is 6.05. The second-order valence-electron chi connectivity index (χ2n) is 11.0. The summed E-state index contributed by atoms with van der Waals surface area (Å²) in [6.07, 6.45) is 10.6. The van der Waals surface area contributed by atoms with Gasteiger partial charge in [0.25, 0.3) is 0 Å². The molecule has 0 radical (unpaired) electrons. The SMILES string of the molecule is CCCCCCOc1ccc(-c2cc3c(c(-c4ccc(OCCCCCC)cc4)c2Br)Cc2cc(Br)ccc2-3)cc1. The molecular formula is C37H40Br2O2. The molecule has 2 nitrogen and oxygen atoms in total. The molecule has 41 heavy (non-hydrogen) atoms. The molecule has 1 aliphatic carbocycles. The molecule has 0 spiro atoms. The van der Waals surface area contributed by atoms with E-state index in [1.54, 1.807) is 0 Å². The van der Waals surface area contributed by atoms with Crippen LogP contribution < -0.4 is 9.47 Å². The molecule has 0 heterocycles. The van der Waals surface area contributed by atoms with Crippen molar-refractivity contribution in [3.63, 3.8) is 0 Å². The minimum absolute atomic E-state index is 0.774. The first kappa shape index (κ1) is 29.9. The fourth-order valence-corrected chi connectivity index (χ4v) is 6.90. The van der Waals surface area contributed by atoms with Gasteiger partial charge in [0, 0.05) is 14.5 Å². The Labute approximate surface area is 262 Å². The molecule has 4 aromatic rings. The van der Waals surface area contributed by atoms with Gasteiger partial charge in [-0.05, 0) is 117 Å². The van der Waals surface area contributed by atoms with Crippen molar-refractivity contribution in [2.24, 2.45) is 0 Å². The third kappa shape index (κ3) is 7.27. The molecule has 4 aromatic carbocycles. The summed E-state index contributed by atoms with van der Waals surface area (Å²) in [6, 6.07) is 26.2. The van der Waals surface area contributed by atoms with Crippen LogP contribution in [0.5, 0.6) is 11.5 Å². The van der Waals surface area contributed by atoms with Crippen LogP contribution in [0, 0.1) is 0 Å². The van der Waals surface area contributed by atoms with E-state index in [4.69, 9.17) is 9.47 Å². The maximum Gasteiger partial charge on any atom is 0.119 e. The van der Waals surface area contributed by atoms with Crippen molar-refractivity contribution in [1.82, 2.24) is 0 Å². The second-order valence-corrected chi connectivity index (χ2v) is 12.7. The lowest BCUT2D eigenvalue weighted by Gasteiger charge is -2.17. The summed E-state index contributed by atoms with van der Waals surface area (Å²) in [5.41, 5.74) is 10.2. The first-order valence-electron chi connectivity index (χ1n) is 15.2. The Kier molecular flexibility index (Phi) is 10.6. The van der Waals surface area contributed by atoms with Crippen molar-refractivity contribution in [2.45, 2.75) is 71.6 Å². The first-order valence-corrected chi connectivity index (χ1v) is 16.8. The van der Waals surface area contributed by atoms with Gasteiger partial charge in [-0.25, -0.2) is 0 Å². The highest BCUT2D eigenvalue weighted by atomic mass is 79.9. The summed E-state index contributed by atoms with van der Waals surface area (Å²) in [5, 5.41) is 0. The molecule has 5 rings (SSSR count). The van der Waals surface area contributed by atoms with Gasteiger partial charge in [0.1, 0.15) is 11.5 Å². The van der Waals surface area contributed by atoms with Crippen LogP contribution in [0.4, 0.5) is 0 Å². The first-order chi connectivity index (χ1) is 20.1. The van der Waals surface area contributed by atoms with Gasteiger partial charge in [-0.15, -0.1) is 0 Å². The number of rotatable bonds is 14. The predicted octanol–water partition coefficient (Wildman–Crippen LogP) is 12.0. The lowest BCUT2D eigenvalue weighted by atomic mass is 9.90. The highest BCUT2D eigenvalue weighted by Crippen LogP contribution is 2.49. The third-order valence-electron chi connectivity index (χ3n) is 7.94. The highest BCUT2D eigenvalue weighted by molar-refractivity contribution is 9.11.